The molecule has 2 N–H and O–H groups in total. The number of hydrogen-bond donors (Lipinski definition) is 2. The molecule has 1 aromatic heterocycles. The summed E-state index contributed by atoms with van der Waals surface area (Å²) < 4.78 is 0. The summed E-state index contributed by atoms with van der Waals surface area (Å²) in [5.74, 6) is 1.07. The number of aromatic nitrogens is 1. The predicted octanol–water partition coefficient (Wildman–Crippen LogP) is 4.51. The molecule has 5 rings (SSSR count). The first kappa shape index (κ1) is 16.9. The normalized spacial score (nSPS) is 22.7. The van der Waals surface area contributed by atoms with Crippen molar-refractivity contribution in [2.24, 2.45) is 5.92 Å². The maximum absolute atomic E-state index is 12.7. The Kier molecular flexibility index (Phi) is 4.42. The van der Waals surface area contributed by atoms with Gasteiger partial charge < -0.3 is 10.6 Å². The van der Waals surface area contributed by atoms with Crippen molar-refractivity contribution in [3.05, 3.63) is 59.1 Å². The molecule has 2 fully saturated rings. The molecule has 0 spiro atoms. The largest absolute Gasteiger partial charge is 0.317 e. The molecule has 2 heterocycles. The summed E-state index contributed by atoms with van der Waals surface area (Å²) in [6.45, 7) is 2.14. The highest BCUT2D eigenvalue weighted by Gasteiger charge is 2.44. The van der Waals surface area contributed by atoms with E-state index in [2.05, 4.69) is 58.1 Å². The molecule has 1 amide bonds. The summed E-state index contributed by atoms with van der Waals surface area (Å²) in [6.07, 6.45) is 5.18. The van der Waals surface area contributed by atoms with Gasteiger partial charge in [-0.1, -0.05) is 42.5 Å². The SMILES string of the molecule is O=C(Nc1ncc(C2CCNCC2)s1)C1CC1c1cccc2ccccc12. The van der Waals surface area contributed by atoms with Gasteiger partial charge in [-0.05, 0) is 60.5 Å². The molecule has 2 unspecified atom stereocenters. The van der Waals surface area contributed by atoms with Gasteiger partial charge in [-0.2, -0.15) is 0 Å². The number of nitrogens with zero attached hydrogens (tertiary/aromatic N) is 1. The van der Waals surface area contributed by atoms with E-state index >= 15 is 0 Å². The molecule has 1 saturated heterocycles. The Balaban J connectivity index is 1.27. The van der Waals surface area contributed by atoms with Crippen LogP contribution in [-0.2, 0) is 4.79 Å². The van der Waals surface area contributed by atoms with E-state index in [9.17, 15) is 4.79 Å². The van der Waals surface area contributed by atoms with Gasteiger partial charge >= 0.3 is 0 Å². The van der Waals surface area contributed by atoms with E-state index in [-0.39, 0.29) is 11.8 Å². The Morgan fingerprint density at radius 2 is 1.93 bits per heavy atom. The number of carbonyl (C=O) groups is 1. The minimum Gasteiger partial charge on any atom is -0.317 e. The molecule has 1 saturated carbocycles. The molecule has 1 aliphatic heterocycles. The molecule has 2 aromatic carbocycles. The first-order valence-electron chi connectivity index (χ1n) is 9.74. The molecule has 2 atom stereocenters. The molecular formula is C22H23N3OS. The zero-order valence-electron chi connectivity index (χ0n) is 15.2. The van der Waals surface area contributed by atoms with Gasteiger partial charge in [0.25, 0.3) is 0 Å². The lowest BCUT2D eigenvalue weighted by Gasteiger charge is -2.20. The van der Waals surface area contributed by atoms with Gasteiger partial charge in [0, 0.05) is 17.0 Å². The zero-order valence-corrected chi connectivity index (χ0v) is 16.0. The number of nitrogens with one attached hydrogen (secondary N) is 2. The van der Waals surface area contributed by atoms with Crippen LogP contribution < -0.4 is 10.6 Å². The number of rotatable bonds is 4. The van der Waals surface area contributed by atoms with Crippen LogP contribution in [0.5, 0.6) is 0 Å². The van der Waals surface area contributed by atoms with Gasteiger partial charge in [0.1, 0.15) is 0 Å². The third kappa shape index (κ3) is 3.37. The lowest BCUT2D eigenvalue weighted by molar-refractivity contribution is -0.117. The highest BCUT2D eigenvalue weighted by Crippen LogP contribution is 2.50. The van der Waals surface area contributed by atoms with Crippen LogP contribution in [0.25, 0.3) is 10.8 Å². The van der Waals surface area contributed by atoms with E-state index in [0.29, 0.717) is 11.8 Å². The highest BCUT2D eigenvalue weighted by molar-refractivity contribution is 7.15. The fourth-order valence-corrected chi connectivity index (χ4v) is 5.23. The van der Waals surface area contributed by atoms with E-state index < -0.39 is 0 Å². The molecule has 4 nitrogen and oxygen atoms in total. The Morgan fingerprint density at radius 1 is 1.11 bits per heavy atom. The number of carbonyl (C=O) groups excluding carboxylic acids is 1. The number of piperidine rings is 1. The maximum Gasteiger partial charge on any atom is 0.229 e. The maximum atomic E-state index is 12.7. The molecule has 138 valence electrons. The first-order valence-corrected chi connectivity index (χ1v) is 10.6. The van der Waals surface area contributed by atoms with Crippen LogP contribution >= 0.6 is 11.3 Å². The van der Waals surface area contributed by atoms with Crippen molar-refractivity contribution in [1.82, 2.24) is 10.3 Å². The van der Waals surface area contributed by atoms with Crippen LogP contribution in [0.1, 0.15) is 41.5 Å². The van der Waals surface area contributed by atoms with Crippen molar-refractivity contribution >= 4 is 33.1 Å². The van der Waals surface area contributed by atoms with Crippen molar-refractivity contribution in [2.75, 3.05) is 18.4 Å². The van der Waals surface area contributed by atoms with E-state index in [4.69, 9.17) is 0 Å². The van der Waals surface area contributed by atoms with Crippen molar-refractivity contribution in [3.8, 4) is 0 Å². The molecule has 0 bridgehead atoms. The Bertz CT molecular complexity index is 971. The number of anilines is 1. The molecular weight excluding hydrogens is 354 g/mol. The van der Waals surface area contributed by atoms with Crippen LogP contribution in [0.2, 0.25) is 0 Å². The summed E-state index contributed by atoms with van der Waals surface area (Å²) in [4.78, 5) is 18.5. The van der Waals surface area contributed by atoms with Crippen LogP contribution in [-0.4, -0.2) is 24.0 Å². The fraction of sp³-hybridized carbons (Fsp3) is 0.364. The summed E-state index contributed by atoms with van der Waals surface area (Å²) >= 11 is 1.64. The Hall–Kier alpha value is -2.24. The van der Waals surface area contributed by atoms with Gasteiger partial charge in [0.05, 0.1) is 0 Å². The minimum absolute atomic E-state index is 0.0574. The molecule has 27 heavy (non-hydrogen) atoms. The van der Waals surface area contributed by atoms with Gasteiger partial charge in [-0.25, -0.2) is 4.98 Å². The van der Waals surface area contributed by atoms with Crippen molar-refractivity contribution in [1.29, 1.82) is 0 Å². The summed E-state index contributed by atoms with van der Waals surface area (Å²) in [6, 6.07) is 14.8. The lowest BCUT2D eigenvalue weighted by atomic mass is 9.97. The monoisotopic (exact) mass is 377 g/mol. The number of thiazole rings is 1. The number of hydrogen-bond acceptors (Lipinski definition) is 4. The van der Waals surface area contributed by atoms with E-state index in [1.807, 2.05) is 6.20 Å². The van der Waals surface area contributed by atoms with E-state index in [1.165, 1.54) is 21.2 Å². The average molecular weight is 378 g/mol. The second-order valence-electron chi connectivity index (χ2n) is 7.60. The van der Waals surface area contributed by atoms with Gasteiger partial charge in [0.2, 0.25) is 5.91 Å². The summed E-state index contributed by atoms with van der Waals surface area (Å²) in [7, 11) is 0. The first-order chi connectivity index (χ1) is 13.3. The second kappa shape index (κ2) is 7.06. The van der Waals surface area contributed by atoms with Crippen molar-refractivity contribution in [3.63, 3.8) is 0 Å². The van der Waals surface area contributed by atoms with Crippen LogP contribution in [0, 0.1) is 5.92 Å². The average Bonchev–Trinajstić information content (AvgIpc) is 3.39. The molecule has 2 aliphatic rings. The summed E-state index contributed by atoms with van der Waals surface area (Å²) in [5, 5.41) is 9.72. The van der Waals surface area contributed by atoms with Crippen LogP contribution in [0.3, 0.4) is 0 Å². The highest BCUT2D eigenvalue weighted by atomic mass is 32.1. The summed E-state index contributed by atoms with van der Waals surface area (Å²) in [5.41, 5.74) is 1.29. The van der Waals surface area contributed by atoms with E-state index in [1.54, 1.807) is 11.3 Å². The fourth-order valence-electron chi connectivity index (χ4n) is 4.24. The number of amides is 1. The quantitative estimate of drug-likeness (QED) is 0.704. The minimum atomic E-state index is 0.0574. The van der Waals surface area contributed by atoms with E-state index in [0.717, 1.165) is 37.5 Å². The predicted molar refractivity (Wildman–Crippen MR) is 110 cm³/mol. The molecule has 5 heteroatoms. The molecule has 3 aromatic rings. The molecule has 0 radical (unpaired) electrons. The van der Waals surface area contributed by atoms with Gasteiger partial charge in [0.15, 0.2) is 5.13 Å². The smallest absolute Gasteiger partial charge is 0.229 e. The van der Waals surface area contributed by atoms with Crippen LogP contribution in [0.4, 0.5) is 5.13 Å². The Morgan fingerprint density at radius 3 is 2.81 bits per heavy atom. The van der Waals surface area contributed by atoms with Crippen LogP contribution in [0.15, 0.2) is 48.7 Å². The molecule has 1 aliphatic carbocycles. The standard InChI is InChI=1S/C22H23N3OS/c26-21(25-22-24-13-20(27-22)15-8-10-23-11-9-15)19-12-18(19)17-7-3-5-14-4-1-2-6-16(14)17/h1-7,13,15,18-19,23H,8-12H2,(H,24,25,26). The second-order valence-corrected chi connectivity index (χ2v) is 8.66. The van der Waals surface area contributed by atoms with Gasteiger partial charge in [-0.3, -0.25) is 4.79 Å². The number of benzene rings is 2. The van der Waals surface area contributed by atoms with Crippen molar-refractivity contribution < 1.29 is 4.79 Å². The third-order valence-electron chi connectivity index (χ3n) is 5.85. The number of fused-ring (bicyclic) bond motifs is 1. The zero-order chi connectivity index (χ0) is 18.2. The van der Waals surface area contributed by atoms with Crippen molar-refractivity contribution in [2.45, 2.75) is 31.1 Å². The Labute approximate surface area is 163 Å². The topological polar surface area (TPSA) is 54.0 Å². The van der Waals surface area contributed by atoms with Gasteiger partial charge in [-0.15, -0.1) is 11.3 Å². The third-order valence-corrected chi connectivity index (χ3v) is 6.92. The lowest BCUT2D eigenvalue weighted by Crippen LogP contribution is -2.26.